The molecule has 2 aliphatic heterocycles. The van der Waals surface area contributed by atoms with E-state index in [9.17, 15) is 13.2 Å². The Morgan fingerprint density at radius 2 is 2.19 bits per heavy atom. The molecule has 3 rings (SSSR count). The van der Waals surface area contributed by atoms with Gasteiger partial charge in [-0.3, -0.25) is 4.79 Å². The summed E-state index contributed by atoms with van der Waals surface area (Å²) in [5.74, 6) is -0.0413. The topological polar surface area (TPSA) is 76.2 Å². The van der Waals surface area contributed by atoms with Gasteiger partial charge in [-0.25, -0.2) is 8.42 Å². The number of halogens is 1. The minimum Gasteiger partial charge on any atom is -0.385 e. The number of carbonyl (C=O) groups excluding carboxylic acids is 1. The van der Waals surface area contributed by atoms with E-state index in [0.29, 0.717) is 44.2 Å². The maximum atomic E-state index is 13.2. The number of sulfonamides is 1. The summed E-state index contributed by atoms with van der Waals surface area (Å²) in [7, 11) is -2.13. The van der Waals surface area contributed by atoms with Crippen LogP contribution in [0.5, 0.6) is 0 Å². The van der Waals surface area contributed by atoms with Crippen molar-refractivity contribution in [3.05, 3.63) is 29.3 Å². The maximum Gasteiger partial charge on any atom is 0.243 e. The minimum atomic E-state index is -3.75. The highest BCUT2D eigenvalue weighted by Gasteiger charge is 2.48. The fraction of sp³-hybridized carbons (Fsp3) is 0.611. The molecule has 1 aromatic carbocycles. The number of ether oxygens (including phenoxy) is 2. The van der Waals surface area contributed by atoms with Crippen molar-refractivity contribution >= 4 is 27.5 Å². The van der Waals surface area contributed by atoms with Crippen LogP contribution < -0.4 is 0 Å². The van der Waals surface area contributed by atoms with E-state index in [-0.39, 0.29) is 30.3 Å². The molecule has 1 unspecified atom stereocenters. The maximum absolute atomic E-state index is 13.2. The number of benzene rings is 1. The van der Waals surface area contributed by atoms with Crippen LogP contribution in [0.4, 0.5) is 0 Å². The third-order valence-electron chi connectivity index (χ3n) is 5.17. The molecule has 27 heavy (non-hydrogen) atoms. The van der Waals surface area contributed by atoms with Crippen LogP contribution in [0.3, 0.4) is 0 Å². The lowest BCUT2D eigenvalue weighted by Crippen LogP contribution is -2.57. The van der Waals surface area contributed by atoms with E-state index in [0.717, 1.165) is 0 Å². The van der Waals surface area contributed by atoms with Crippen LogP contribution in [0.2, 0.25) is 5.02 Å². The molecular formula is C18H25ClN2O5S. The number of rotatable bonds is 6. The van der Waals surface area contributed by atoms with Crippen LogP contribution in [0.1, 0.15) is 19.3 Å². The quantitative estimate of drug-likeness (QED) is 0.660. The van der Waals surface area contributed by atoms with Gasteiger partial charge < -0.3 is 14.4 Å². The molecule has 2 saturated heterocycles. The first-order chi connectivity index (χ1) is 12.9. The summed E-state index contributed by atoms with van der Waals surface area (Å²) in [4.78, 5) is 14.8. The number of hydrogen-bond acceptors (Lipinski definition) is 5. The molecule has 1 spiro atoms. The molecular weight excluding hydrogens is 392 g/mol. The Balaban J connectivity index is 1.90. The molecule has 2 aliphatic rings. The van der Waals surface area contributed by atoms with Crippen molar-refractivity contribution in [1.82, 2.24) is 9.21 Å². The number of carbonyl (C=O) groups is 1. The Morgan fingerprint density at radius 1 is 1.37 bits per heavy atom. The van der Waals surface area contributed by atoms with E-state index >= 15 is 0 Å². The summed E-state index contributed by atoms with van der Waals surface area (Å²) < 4.78 is 38.5. The fourth-order valence-electron chi connectivity index (χ4n) is 3.76. The van der Waals surface area contributed by atoms with Crippen molar-refractivity contribution in [1.29, 1.82) is 0 Å². The summed E-state index contributed by atoms with van der Waals surface area (Å²) in [6, 6.07) is 6.22. The van der Waals surface area contributed by atoms with E-state index in [1.54, 1.807) is 19.2 Å². The van der Waals surface area contributed by atoms with E-state index < -0.39 is 15.6 Å². The molecule has 0 aliphatic carbocycles. The lowest BCUT2D eigenvalue weighted by molar-refractivity contribution is -0.136. The van der Waals surface area contributed by atoms with Crippen molar-refractivity contribution in [2.45, 2.75) is 29.7 Å². The highest BCUT2D eigenvalue weighted by atomic mass is 35.5. The lowest BCUT2D eigenvalue weighted by Gasteiger charge is -2.40. The normalized spacial score (nSPS) is 24.5. The van der Waals surface area contributed by atoms with Crippen molar-refractivity contribution < 1.29 is 22.7 Å². The van der Waals surface area contributed by atoms with E-state index in [2.05, 4.69) is 0 Å². The number of hydrogen-bond donors (Lipinski definition) is 0. The minimum absolute atomic E-state index is 0.0413. The van der Waals surface area contributed by atoms with Gasteiger partial charge >= 0.3 is 0 Å². The van der Waals surface area contributed by atoms with Crippen LogP contribution in [0.15, 0.2) is 29.2 Å². The summed E-state index contributed by atoms with van der Waals surface area (Å²) in [6.07, 6.45) is 1.47. The molecule has 2 heterocycles. The van der Waals surface area contributed by atoms with Gasteiger partial charge in [0.15, 0.2) is 0 Å². The number of nitrogens with zero attached hydrogens (tertiary/aromatic N) is 2. The molecule has 150 valence electrons. The number of methoxy groups -OCH3 is 1. The zero-order valence-corrected chi connectivity index (χ0v) is 17.0. The predicted molar refractivity (Wildman–Crippen MR) is 101 cm³/mol. The second-order valence-corrected chi connectivity index (χ2v) is 9.34. The predicted octanol–water partition coefficient (Wildman–Crippen LogP) is 1.76. The monoisotopic (exact) mass is 416 g/mol. The third-order valence-corrected chi connectivity index (χ3v) is 7.24. The highest BCUT2D eigenvalue weighted by Crippen LogP contribution is 2.33. The molecule has 0 saturated carbocycles. The second-order valence-electron chi connectivity index (χ2n) is 6.96. The van der Waals surface area contributed by atoms with Gasteiger partial charge in [-0.15, -0.1) is 0 Å². The van der Waals surface area contributed by atoms with E-state index in [4.69, 9.17) is 21.1 Å². The van der Waals surface area contributed by atoms with E-state index in [1.807, 2.05) is 4.90 Å². The summed E-state index contributed by atoms with van der Waals surface area (Å²) in [5.41, 5.74) is -0.632. The average molecular weight is 417 g/mol. The van der Waals surface area contributed by atoms with Crippen molar-refractivity contribution in [2.24, 2.45) is 0 Å². The number of amides is 1. The standard InChI is InChI=1S/C18H25ClN2O5S/c1-25-10-3-8-21-17(22)6-9-20(13-18(21)7-11-26-14-18)27(23,24)16-5-2-4-15(19)12-16/h2,4-5,12H,3,6-11,13-14H2,1H3. The molecule has 2 fully saturated rings. The van der Waals surface area contributed by atoms with Crippen molar-refractivity contribution in [3.8, 4) is 0 Å². The zero-order chi connectivity index (χ0) is 19.5. The first-order valence-corrected chi connectivity index (χ1v) is 10.8. The van der Waals surface area contributed by atoms with E-state index in [1.165, 1.54) is 16.4 Å². The molecule has 7 nitrogen and oxygen atoms in total. The van der Waals surface area contributed by atoms with Gasteiger partial charge in [-0.1, -0.05) is 17.7 Å². The Bertz CT molecular complexity index is 780. The molecule has 0 radical (unpaired) electrons. The smallest absolute Gasteiger partial charge is 0.243 e. The summed E-state index contributed by atoms with van der Waals surface area (Å²) in [5, 5.41) is 0.363. The Hall–Kier alpha value is -1.19. The molecule has 0 aromatic heterocycles. The largest absolute Gasteiger partial charge is 0.385 e. The SMILES string of the molecule is COCCCN1C(=O)CCN(S(=O)(=O)c2cccc(Cl)c2)CC12CCOC2. The Labute approximate surface area is 165 Å². The molecule has 1 amide bonds. The molecule has 1 aromatic rings. The fourth-order valence-corrected chi connectivity index (χ4v) is 5.58. The molecule has 9 heteroatoms. The molecule has 0 bridgehead atoms. The van der Waals surface area contributed by atoms with Gasteiger partial charge in [-0.05, 0) is 31.0 Å². The van der Waals surface area contributed by atoms with Crippen LogP contribution in [-0.4, -0.2) is 75.6 Å². The van der Waals surface area contributed by atoms with Crippen LogP contribution in [0, 0.1) is 0 Å². The van der Waals surface area contributed by atoms with Crippen LogP contribution >= 0.6 is 11.6 Å². The van der Waals surface area contributed by atoms with Gasteiger partial charge in [0.1, 0.15) is 0 Å². The van der Waals surface area contributed by atoms with Gasteiger partial charge in [0, 0.05) is 51.4 Å². The highest BCUT2D eigenvalue weighted by molar-refractivity contribution is 7.89. The van der Waals surface area contributed by atoms with Gasteiger partial charge in [0.2, 0.25) is 15.9 Å². The van der Waals surface area contributed by atoms with Gasteiger partial charge in [0.05, 0.1) is 17.0 Å². The van der Waals surface area contributed by atoms with Crippen LogP contribution in [-0.2, 0) is 24.3 Å². The lowest BCUT2D eigenvalue weighted by atomic mass is 9.96. The first-order valence-electron chi connectivity index (χ1n) is 9.02. The third kappa shape index (κ3) is 4.30. The zero-order valence-electron chi connectivity index (χ0n) is 15.4. The Morgan fingerprint density at radius 3 is 2.85 bits per heavy atom. The van der Waals surface area contributed by atoms with Crippen LogP contribution in [0.25, 0.3) is 0 Å². The van der Waals surface area contributed by atoms with Crippen molar-refractivity contribution in [2.75, 3.05) is 46.6 Å². The van der Waals surface area contributed by atoms with Gasteiger partial charge in [-0.2, -0.15) is 4.31 Å². The Kier molecular flexibility index (Phi) is 6.43. The summed E-state index contributed by atoms with van der Waals surface area (Å²) >= 11 is 5.98. The van der Waals surface area contributed by atoms with Crippen molar-refractivity contribution in [3.63, 3.8) is 0 Å². The first kappa shape index (κ1) is 20.5. The average Bonchev–Trinajstić information content (AvgIpc) is 3.05. The molecule has 1 atom stereocenters. The summed E-state index contributed by atoms with van der Waals surface area (Å²) in [6.45, 7) is 2.30. The second kappa shape index (κ2) is 8.45. The van der Waals surface area contributed by atoms with Gasteiger partial charge in [0.25, 0.3) is 0 Å². The molecule has 0 N–H and O–H groups in total.